The Morgan fingerprint density at radius 3 is 1.35 bits per heavy atom. The van der Waals surface area contributed by atoms with Gasteiger partial charge in [-0.1, -0.05) is 97.8 Å². The molecule has 1 N–H and O–H groups in total. The van der Waals surface area contributed by atoms with Crippen LogP contribution in [0.4, 0.5) is 0 Å². The molecule has 122 valence electrons. The van der Waals surface area contributed by atoms with Crippen molar-refractivity contribution in [1.82, 2.24) is 5.32 Å². The van der Waals surface area contributed by atoms with Crippen molar-refractivity contribution in [2.24, 2.45) is 0 Å². The lowest BCUT2D eigenvalue weighted by molar-refractivity contribution is 0.420. The van der Waals surface area contributed by atoms with E-state index in [1.54, 1.807) is 0 Å². The van der Waals surface area contributed by atoms with Gasteiger partial charge in [-0.3, -0.25) is 0 Å². The molecule has 0 rings (SSSR count). The van der Waals surface area contributed by atoms with Crippen LogP contribution in [-0.2, 0) is 0 Å². The highest BCUT2D eigenvalue weighted by Gasteiger charge is 2.06. The maximum absolute atomic E-state index is 3.68. The van der Waals surface area contributed by atoms with Crippen LogP contribution in [0.5, 0.6) is 0 Å². The third-order valence-electron chi connectivity index (χ3n) is 4.31. The summed E-state index contributed by atoms with van der Waals surface area (Å²) in [6.45, 7) is 7.97. The summed E-state index contributed by atoms with van der Waals surface area (Å²) in [5, 5.41) is 3.68. The van der Waals surface area contributed by atoms with Gasteiger partial charge in [-0.15, -0.1) is 0 Å². The maximum atomic E-state index is 3.68. The normalized spacial score (nSPS) is 12.8. The zero-order valence-electron chi connectivity index (χ0n) is 14.7. The molecule has 0 heterocycles. The van der Waals surface area contributed by atoms with Crippen LogP contribution in [-0.4, -0.2) is 12.6 Å². The average molecular weight is 284 g/mol. The minimum atomic E-state index is 0.789. The lowest BCUT2D eigenvalue weighted by Crippen LogP contribution is -2.28. The van der Waals surface area contributed by atoms with Gasteiger partial charge in [0.2, 0.25) is 0 Å². The summed E-state index contributed by atoms with van der Waals surface area (Å²) in [7, 11) is 0. The Morgan fingerprint density at radius 2 is 0.950 bits per heavy atom. The summed E-state index contributed by atoms with van der Waals surface area (Å²) in [5.74, 6) is 0. The van der Waals surface area contributed by atoms with Crippen molar-refractivity contribution < 1.29 is 0 Å². The summed E-state index contributed by atoms with van der Waals surface area (Å²) in [6.07, 6.45) is 19.9. The van der Waals surface area contributed by atoms with Gasteiger partial charge in [0.25, 0.3) is 0 Å². The first-order valence-corrected chi connectivity index (χ1v) is 9.58. The van der Waals surface area contributed by atoms with E-state index in [4.69, 9.17) is 0 Å². The Bertz CT molecular complexity index is 167. The topological polar surface area (TPSA) is 12.0 Å². The van der Waals surface area contributed by atoms with Gasteiger partial charge in [0.05, 0.1) is 0 Å². The van der Waals surface area contributed by atoms with Gasteiger partial charge in [0, 0.05) is 6.04 Å². The molecular formula is C19H41N. The predicted molar refractivity (Wildman–Crippen MR) is 93.5 cm³/mol. The molecule has 1 nitrogen and oxygen atoms in total. The van der Waals surface area contributed by atoms with E-state index < -0.39 is 0 Å². The average Bonchev–Trinajstić information content (AvgIpc) is 2.46. The first-order valence-electron chi connectivity index (χ1n) is 9.58. The Labute approximate surface area is 129 Å². The second kappa shape index (κ2) is 17.0. The van der Waals surface area contributed by atoms with E-state index in [2.05, 4.69) is 26.1 Å². The number of nitrogens with one attached hydrogen (secondary N) is 1. The van der Waals surface area contributed by atoms with Gasteiger partial charge in [0.1, 0.15) is 0 Å². The molecule has 0 amide bonds. The molecule has 0 radical (unpaired) electrons. The summed E-state index contributed by atoms with van der Waals surface area (Å²) >= 11 is 0. The summed E-state index contributed by atoms with van der Waals surface area (Å²) in [6, 6.07) is 0.789. The van der Waals surface area contributed by atoms with Crippen LogP contribution < -0.4 is 5.32 Å². The number of unbranched alkanes of at least 4 members (excludes halogenated alkanes) is 10. The molecule has 0 aliphatic rings. The molecule has 1 heteroatoms. The molecule has 0 fully saturated rings. The summed E-state index contributed by atoms with van der Waals surface area (Å²) in [5.41, 5.74) is 0. The first kappa shape index (κ1) is 20.0. The quantitative estimate of drug-likeness (QED) is 0.320. The highest BCUT2D eigenvalue weighted by atomic mass is 14.9. The van der Waals surface area contributed by atoms with E-state index in [0.29, 0.717) is 0 Å². The maximum Gasteiger partial charge on any atom is 0.00669 e. The fourth-order valence-electron chi connectivity index (χ4n) is 2.98. The molecule has 0 saturated heterocycles. The first-order chi connectivity index (χ1) is 9.85. The van der Waals surface area contributed by atoms with E-state index >= 15 is 0 Å². The molecular weight excluding hydrogens is 242 g/mol. The predicted octanol–water partition coefficient (Wildman–Crippen LogP) is 6.47. The van der Waals surface area contributed by atoms with Gasteiger partial charge in [-0.2, -0.15) is 0 Å². The second-order valence-corrected chi connectivity index (χ2v) is 6.37. The molecule has 20 heavy (non-hydrogen) atoms. The fraction of sp³-hybridized carbons (Fsp3) is 1.00. The molecule has 0 aliphatic carbocycles. The van der Waals surface area contributed by atoms with Crippen LogP contribution in [0.15, 0.2) is 0 Å². The van der Waals surface area contributed by atoms with Crippen LogP contribution in [0.25, 0.3) is 0 Å². The van der Waals surface area contributed by atoms with Crippen molar-refractivity contribution in [2.75, 3.05) is 6.54 Å². The Balaban J connectivity index is 3.44. The lowest BCUT2D eigenvalue weighted by atomic mass is 10.00. The molecule has 0 saturated carbocycles. The minimum absolute atomic E-state index is 0.789. The molecule has 0 aromatic heterocycles. The van der Waals surface area contributed by atoms with Crippen molar-refractivity contribution in [3.8, 4) is 0 Å². The second-order valence-electron chi connectivity index (χ2n) is 6.37. The van der Waals surface area contributed by atoms with Crippen LogP contribution in [0.2, 0.25) is 0 Å². The highest BCUT2D eigenvalue weighted by molar-refractivity contribution is 4.66. The standard InChI is InChI=1S/C19H41N/c1-4-7-9-11-12-14-16-18-19(20-6-3)17-15-13-10-8-5-2/h19-20H,4-18H2,1-3H3. The van der Waals surface area contributed by atoms with Crippen molar-refractivity contribution in [1.29, 1.82) is 0 Å². The zero-order chi connectivity index (χ0) is 14.9. The van der Waals surface area contributed by atoms with Gasteiger partial charge >= 0.3 is 0 Å². The fourth-order valence-corrected chi connectivity index (χ4v) is 2.98. The van der Waals surface area contributed by atoms with Gasteiger partial charge in [-0.05, 0) is 19.4 Å². The molecule has 0 aromatic rings. The van der Waals surface area contributed by atoms with Crippen LogP contribution in [0, 0.1) is 0 Å². The smallest absolute Gasteiger partial charge is 0.00669 e. The SMILES string of the molecule is CCCCCCCCCC(CCCCCCC)NCC. The molecule has 0 aliphatic heterocycles. The molecule has 1 unspecified atom stereocenters. The van der Waals surface area contributed by atoms with E-state index in [0.717, 1.165) is 12.6 Å². The Kier molecular flexibility index (Phi) is 17.0. The van der Waals surface area contributed by atoms with E-state index in [1.807, 2.05) is 0 Å². The molecule has 0 aromatic carbocycles. The van der Waals surface area contributed by atoms with Crippen molar-refractivity contribution in [3.63, 3.8) is 0 Å². The van der Waals surface area contributed by atoms with Crippen molar-refractivity contribution in [3.05, 3.63) is 0 Å². The van der Waals surface area contributed by atoms with Gasteiger partial charge in [0.15, 0.2) is 0 Å². The monoisotopic (exact) mass is 283 g/mol. The van der Waals surface area contributed by atoms with Crippen LogP contribution >= 0.6 is 0 Å². The Hall–Kier alpha value is -0.0400. The third-order valence-corrected chi connectivity index (χ3v) is 4.31. The zero-order valence-corrected chi connectivity index (χ0v) is 14.7. The lowest BCUT2D eigenvalue weighted by Gasteiger charge is -2.17. The third kappa shape index (κ3) is 14.4. The number of hydrogen-bond acceptors (Lipinski definition) is 1. The molecule has 1 atom stereocenters. The summed E-state index contributed by atoms with van der Waals surface area (Å²) in [4.78, 5) is 0. The van der Waals surface area contributed by atoms with Crippen molar-refractivity contribution in [2.45, 2.75) is 117 Å². The number of rotatable bonds is 16. The molecule has 0 bridgehead atoms. The van der Waals surface area contributed by atoms with E-state index in [-0.39, 0.29) is 0 Å². The summed E-state index contributed by atoms with van der Waals surface area (Å²) < 4.78 is 0. The minimum Gasteiger partial charge on any atom is -0.314 e. The van der Waals surface area contributed by atoms with E-state index in [1.165, 1.54) is 89.9 Å². The van der Waals surface area contributed by atoms with Crippen molar-refractivity contribution >= 4 is 0 Å². The van der Waals surface area contributed by atoms with Gasteiger partial charge in [-0.25, -0.2) is 0 Å². The Morgan fingerprint density at radius 1 is 0.550 bits per heavy atom. The van der Waals surface area contributed by atoms with Gasteiger partial charge < -0.3 is 5.32 Å². The van der Waals surface area contributed by atoms with Crippen LogP contribution in [0.3, 0.4) is 0 Å². The van der Waals surface area contributed by atoms with Crippen LogP contribution in [0.1, 0.15) is 111 Å². The molecule has 0 spiro atoms. The largest absolute Gasteiger partial charge is 0.314 e. The number of hydrogen-bond donors (Lipinski definition) is 1. The highest BCUT2D eigenvalue weighted by Crippen LogP contribution is 2.14. The van der Waals surface area contributed by atoms with E-state index in [9.17, 15) is 0 Å².